The van der Waals surface area contributed by atoms with Gasteiger partial charge in [-0.2, -0.15) is 4.98 Å². The van der Waals surface area contributed by atoms with Gasteiger partial charge in [-0.25, -0.2) is 22.5 Å². The zero-order valence-electron chi connectivity index (χ0n) is 18.9. The Balaban J connectivity index is 1.53. The standard InChI is InChI=1S/C22H21ClF4N6O3/c1-32-15-3-2-11(4-13(15)16-17(19(32)35)36-10-22(26,27)8-29-16)30-18-14(23)6-28-20(31-18)33-9-21(24,25)5-12(33)7-34/h2-4,6,12,29,34H,5,7-10H2,1H3,(H,28,30,31). The molecule has 36 heavy (non-hydrogen) atoms. The fraction of sp³-hybridized carbons (Fsp3) is 0.409. The summed E-state index contributed by atoms with van der Waals surface area (Å²) in [7, 11) is 1.50. The van der Waals surface area contributed by atoms with E-state index >= 15 is 0 Å². The second-order valence-electron chi connectivity index (χ2n) is 8.81. The molecule has 192 valence electrons. The molecule has 2 aliphatic heterocycles. The van der Waals surface area contributed by atoms with Gasteiger partial charge in [-0.1, -0.05) is 11.6 Å². The SMILES string of the molecule is Cn1c(=O)c2c(c3cc(Nc4nc(N5CC(F)(F)CC5CO)ncc4Cl)ccc31)NCC(F)(F)CO2. The Kier molecular flexibility index (Phi) is 5.86. The maximum Gasteiger partial charge on any atom is 0.298 e. The molecule has 3 N–H and O–H groups in total. The first-order valence-corrected chi connectivity index (χ1v) is 11.3. The van der Waals surface area contributed by atoms with Crippen molar-refractivity contribution >= 4 is 45.6 Å². The van der Waals surface area contributed by atoms with Crippen LogP contribution in [-0.4, -0.2) is 63.8 Å². The fourth-order valence-corrected chi connectivity index (χ4v) is 4.51. The van der Waals surface area contributed by atoms with Crippen LogP contribution >= 0.6 is 11.6 Å². The molecule has 0 aliphatic carbocycles. The molecule has 5 rings (SSSR count). The number of aromatic nitrogens is 3. The maximum atomic E-state index is 13.9. The second kappa shape index (κ2) is 8.66. The van der Waals surface area contributed by atoms with Crippen molar-refractivity contribution in [2.75, 3.05) is 41.8 Å². The maximum absolute atomic E-state index is 13.9. The van der Waals surface area contributed by atoms with E-state index in [9.17, 15) is 27.5 Å². The lowest BCUT2D eigenvalue weighted by molar-refractivity contribution is -0.0251. The van der Waals surface area contributed by atoms with Crippen LogP contribution in [-0.2, 0) is 7.05 Å². The Morgan fingerprint density at radius 3 is 2.83 bits per heavy atom. The zero-order valence-corrected chi connectivity index (χ0v) is 19.6. The molecule has 1 atom stereocenters. The molecule has 2 aromatic heterocycles. The summed E-state index contributed by atoms with van der Waals surface area (Å²) >= 11 is 6.25. The molecule has 4 heterocycles. The van der Waals surface area contributed by atoms with E-state index < -0.39 is 56.2 Å². The highest BCUT2D eigenvalue weighted by Gasteiger charge is 2.46. The van der Waals surface area contributed by atoms with Crippen LogP contribution < -0.4 is 25.8 Å². The third-order valence-corrected chi connectivity index (χ3v) is 6.42. The van der Waals surface area contributed by atoms with Gasteiger partial charge in [0, 0.05) is 24.5 Å². The number of alkyl halides is 4. The number of aryl methyl sites for hydroxylation is 1. The summed E-state index contributed by atoms with van der Waals surface area (Å²) in [6, 6.07) is 3.99. The molecule has 1 aromatic carbocycles. The van der Waals surface area contributed by atoms with Crippen LogP contribution in [0.15, 0.2) is 29.2 Å². The molecule has 2 aliphatic rings. The van der Waals surface area contributed by atoms with E-state index in [1.165, 1.54) is 22.7 Å². The molecule has 14 heteroatoms. The summed E-state index contributed by atoms with van der Waals surface area (Å²) in [6.07, 6.45) is 0.728. The molecule has 0 amide bonds. The van der Waals surface area contributed by atoms with Crippen molar-refractivity contribution in [3.63, 3.8) is 0 Å². The van der Waals surface area contributed by atoms with Gasteiger partial charge in [0.2, 0.25) is 11.7 Å². The number of aliphatic hydroxyl groups excluding tert-OH is 1. The average Bonchev–Trinajstić information content (AvgIpc) is 3.05. The minimum atomic E-state index is -3.17. The average molecular weight is 529 g/mol. The molecule has 9 nitrogen and oxygen atoms in total. The van der Waals surface area contributed by atoms with Crippen LogP contribution in [0.3, 0.4) is 0 Å². The Morgan fingerprint density at radius 2 is 2.08 bits per heavy atom. The van der Waals surface area contributed by atoms with Gasteiger partial charge >= 0.3 is 0 Å². The number of hydrogen-bond donors (Lipinski definition) is 3. The first-order valence-electron chi connectivity index (χ1n) is 10.9. The van der Waals surface area contributed by atoms with E-state index in [0.29, 0.717) is 16.6 Å². The lowest BCUT2D eigenvalue weighted by Gasteiger charge is -2.22. The molecule has 3 aromatic rings. The van der Waals surface area contributed by atoms with Gasteiger partial charge in [-0.15, -0.1) is 0 Å². The zero-order chi connectivity index (χ0) is 25.8. The van der Waals surface area contributed by atoms with Crippen LogP contribution in [0.1, 0.15) is 6.42 Å². The largest absolute Gasteiger partial charge is 0.480 e. The number of anilines is 4. The molecule has 0 bridgehead atoms. The van der Waals surface area contributed by atoms with Crippen LogP contribution in [0.25, 0.3) is 10.9 Å². The number of pyridine rings is 1. The van der Waals surface area contributed by atoms with Crippen molar-refractivity contribution in [3.05, 3.63) is 39.8 Å². The number of aliphatic hydroxyl groups is 1. The number of fused-ring (bicyclic) bond motifs is 3. The number of nitrogens with zero attached hydrogens (tertiary/aromatic N) is 4. The van der Waals surface area contributed by atoms with E-state index in [-0.39, 0.29) is 28.2 Å². The summed E-state index contributed by atoms with van der Waals surface area (Å²) < 4.78 is 62.2. The summed E-state index contributed by atoms with van der Waals surface area (Å²) in [6.45, 7) is -2.79. The lowest BCUT2D eigenvalue weighted by Crippen LogP contribution is -2.34. The van der Waals surface area contributed by atoms with Gasteiger partial charge < -0.3 is 29.9 Å². The summed E-state index contributed by atoms with van der Waals surface area (Å²) in [5, 5.41) is 15.7. The third kappa shape index (κ3) is 4.37. The van der Waals surface area contributed by atoms with Crippen LogP contribution in [0.4, 0.5) is 40.7 Å². The van der Waals surface area contributed by atoms with Crippen molar-refractivity contribution in [3.8, 4) is 5.75 Å². The van der Waals surface area contributed by atoms with Gasteiger partial charge in [-0.05, 0) is 18.2 Å². The minimum Gasteiger partial charge on any atom is -0.480 e. The van der Waals surface area contributed by atoms with E-state index in [4.69, 9.17) is 16.3 Å². The molecule has 0 radical (unpaired) electrons. The summed E-state index contributed by atoms with van der Waals surface area (Å²) in [5.41, 5.74) is 0.463. The van der Waals surface area contributed by atoms with Crippen LogP contribution in [0, 0.1) is 0 Å². The smallest absolute Gasteiger partial charge is 0.298 e. The van der Waals surface area contributed by atoms with Gasteiger partial charge in [0.1, 0.15) is 5.02 Å². The first-order chi connectivity index (χ1) is 17.0. The van der Waals surface area contributed by atoms with Crippen molar-refractivity contribution < 1.29 is 27.4 Å². The summed E-state index contributed by atoms with van der Waals surface area (Å²) in [4.78, 5) is 22.2. The highest BCUT2D eigenvalue weighted by molar-refractivity contribution is 6.33. The Morgan fingerprint density at radius 1 is 1.31 bits per heavy atom. The number of rotatable bonds is 4. The van der Waals surface area contributed by atoms with Crippen molar-refractivity contribution in [1.82, 2.24) is 14.5 Å². The van der Waals surface area contributed by atoms with Crippen LogP contribution in [0.2, 0.25) is 5.02 Å². The van der Waals surface area contributed by atoms with Gasteiger partial charge in [0.05, 0.1) is 43.1 Å². The highest BCUT2D eigenvalue weighted by atomic mass is 35.5. The van der Waals surface area contributed by atoms with E-state index in [1.54, 1.807) is 18.2 Å². The first kappa shape index (κ1) is 24.4. The van der Waals surface area contributed by atoms with Gasteiger partial charge in [-0.3, -0.25) is 4.79 Å². The lowest BCUT2D eigenvalue weighted by atomic mass is 10.1. The van der Waals surface area contributed by atoms with E-state index in [1.807, 2.05) is 0 Å². The number of hydrogen-bond acceptors (Lipinski definition) is 8. The Hall–Kier alpha value is -3.32. The second-order valence-corrected chi connectivity index (χ2v) is 9.22. The Labute approximate surface area is 206 Å². The monoisotopic (exact) mass is 528 g/mol. The fourth-order valence-electron chi connectivity index (χ4n) is 4.37. The molecular weight excluding hydrogens is 508 g/mol. The topological polar surface area (TPSA) is 105 Å². The van der Waals surface area contributed by atoms with E-state index in [0.717, 1.165) is 0 Å². The van der Waals surface area contributed by atoms with Gasteiger partial charge in [0.15, 0.2) is 12.4 Å². The molecule has 0 spiro atoms. The van der Waals surface area contributed by atoms with Crippen molar-refractivity contribution in [2.24, 2.45) is 7.05 Å². The van der Waals surface area contributed by atoms with Crippen molar-refractivity contribution in [2.45, 2.75) is 24.3 Å². The molecular formula is C22H21ClF4N6O3. The predicted octanol–water partition coefficient (Wildman–Crippen LogP) is 3.37. The predicted molar refractivity (Wildman–Crippen MR) is 126 cm³/mol. The molecule has 0 saturated carbocycles. The normalized spacial score (nSPS) is 20.4. The molecule has 1 saturated heterocycles. The summed E-state index contributed by atoms with van der Waals surface area (Å²) in [5.74, 6) is -6.31. The quantitative estimate of drug-likeness (QED) is 0.443. The van der Waals surface area contributed by atoms with Crippen LogP contribution in [0.5, 0.6) is 5.75 Å². The number of halogens is 5. The number of ether oxygens (including phenoxy) is 1. The molecule has 1 fully saturated rings. The molecule has 1 unspecified atom stereocenters. The van der Waals surface area contributed by atoms with E-state index in [2.05, 4.69) is 20.6 Å². The third-order valence-electron chi connectivity index (χ3n) is 6.14. The van der Waals surface area contributed by atoms with Gasteiger partial charge in [0.25, 0.3) is 17.4 Å². The van der Waals surface area contributed by atoms with Crippen molar-refractivity contribution in [1.29, 1.82) is 0 Å². The highest BCUT2D eigenvalue weighted by Crippen LogP contribution is 2.37. The minimum absolute atomic E-state index is 0.0347. The Bertz CT molecular complexity index is 1400. The number of benzene rings is 1. The number of nitrogens with one attached hydrogen (secondary N) is 2.